The molecule has 0 saturated heterocycles. The minimum Gasteiger partial charge on any atom is -0.380 e. The van der Waals surface area contributed by atoms with E-state index in [1.807, 2.05) is 13.8 Å². The first kappa shape index (κ1) is 13.9. The van der Waals surface area contributed by atoms with Gasteiger partial charge in [0, 0.05) is 35.4 Å². The average Bonchev–Trinajstić information content (AvgIpc) is 2.30. The van der Waals surface area contributed by atoms with Crippen LogP contribution in [0.1, 0.15) is 13.8 Å². The Morgan fingerprint density at radius 2 is 2.12 bits per heavy atom. The lowest BCUT2D eigenvalue weighted by Gasteiger charge is -2.21. The van der Waals surface area contributed by atoms with E-state index in [4.69, 9.17) is 4.74 Å². The Morgan fingerprint density at radius 1 is 1.47 bits per heavy atom. The Bertz CT molecular complexity index is 412. The largest absolute Gasteiger partial charge is 0.380 e. The van der Waals surface area contributed by atoms with Crippen LogP contribution in [0.2, 0.25) is 0 Å². The van der Waals surface area contributed by atoms with Gasteiger partial charge in [0.25, 0.3) is 5.69 Å². The van der Waals surface area contributed by atoms with Gasteiger partial charge in [-0.1, -0.05) is 0 Å². The number of hydrogen-bond acceptors (Lipinski definition) is 4. The SMILES string of the molecule is COC(C)C(C)Nc1ccc([N+](=O)[O-])cc1Br. The van der Waals surface area contributed by atoms with Crippen molar-refractivity contribution in [3.05, 3.63) is 32.8 Å². The third-order valence-electron chi connectivity index (χ3n) is 2.62. The summed E-state index contributed by atoms with van der Waals surface area (Å²) in [5.41, 5.74) is 0.877. The fourth-order valence-electron chi connectivity index (χ4n) is 1.30. The highest BCUT2D eigenvalue weighted by Crippen LogP contribution is 2.27. The van der Waals surface area contributed by atoms with Crippen molar-refractivity contribution in [2.24, 2.45) is 0 Å². The van der Waals surface area contributed by atoms with E-state index in [0.717, 1.165) is 5.69 Å². The van der Waals surface area contributed by atoms with Gasteiger partial charge in [0.1, 0.15) is 0 Å². The summed E-state index contributed by atoms with van der Waals surface area (Å²) in [4.78, 5) is 10.2. The Hall–Kier alpha value is -1.14. The Labute approximate surface area is 108 Å². The molecule has 94 valence electrons. The topological polar surface area (TPSA) is 64.4 Å². The van der Waals surface area contributed by atoms with Crippen LogP contribution in [0.3, 0.4) is 0 Å². The van der Waals surface area contributed by atoms with Gasteiger partial charge in [-0.15, -0.1) is 0 Å². The fraction of sp³-hybridized carbons (Fsp3) is 0.455. The van der Waals surface area contributed by atoms with Crippen molar-refractivity contribution in [1.82, 2.24) is 0 Å². The van der Waals surface area contributed by atoms with Gasteiger partial charge < -0.3 is 10.1 Å². The first-order chi connectivity index (χ1) is 7.95. The molecule has 1 N–H and O–H groups in total. The summed E-state index contributed by atoms with van der Waals surface area (Å²) in [6, 6.07) is 4.74. The van der Waals surface area contributed by atoms with Gasteiger partial charge in [-0.25, -0.2) is 0 Å². The van der Waals surface area contributed by atoms with Gasteiger partial charge >= 0.3 is 0 Å². The number of nitrogens with one attached hydrogen (secondary N) is 1. The number of anilines is 1. The number of methoxy groups -OCH3 is 1. The summed E-state index contributed by atoms with van der Waals surface area (Å²) >= 11 is 3.31. The molecule has 17 heavy (non-hydrogen) atoms. The first-order valence-electron chi connectivity index (χ1n) is 5.19. The van der Waals surface area contributed by atoms with Crippen LogP contribution in [-0.4, -0.2) is 24.2 Å². The van der Waals surface area contributed by atoms with E-state index in [9.17, 15) is 10.1 Å². The molecule has 0 spiro atoms. The number of nitro groups is 1. The van der Waals surface area contributed by atoms with Gasteiger partial charge in [0.2, 0.25) is 0 Å². The van der Waals surface area contributed by atoms with Crippen molar-refractivity contribution in [1.29, 1.82) is 0 Å². The van der Waals surface area contributed by atoms with E-state index in [1.54, 1.807) is 13.2 Å². The molecule has 1 rings (SSSR count). The van der Waals surface area contributed by atoms with Crippen LogP contribution in [0.5, 0.6) is 0 Å². The molecule has 2 unspecified atom stereocenters. The van der Waals surface area contributed by atoms with Gasteiger partial charge in [-0.05, 0) is 35.8 Å². The number of benzene rings is 1. The predicted molar refractivity (Wildman–Crippen MR) is 70.4 cm³/mol. The van der Waals surface area contributed by atoms with E-state index in [1.165, 1.54) is 12.1 Å². The molecule has 0 amide bonds. The van der Waals surface area contributed by atoms with Gasteiger partial charge in [-0.2, -0.15) is 0 Å². The number of hydrogen-bond donors (Lipinski definition) is 1. The van der Waals surface area contributed by atoms with Crippen LogP contribution in [0.15, 0.2) is 22.7 Å². The lowest BCUT2D eigenvalue weighted by atomic mass is 10.2. The quantitative estimate of drug-likeness (QED) is 0.670. The zero-order valence-electron chi connectivity index (χ0n) is 9.94. The number of nitrogens with zero attached hydrogens (tertiary/aromatic N) is 1. The number of halogens is 1. The van der Waals surface area contributed by atoms with E-state index >= 15 is 0 Å². The van der Waals surface area contributed by atoms with Crippen LogP contribution in [-0.2, 0) is 4.74 Å². The molecule has 0 aliphatic carbocycles. The van der Waals surface area contributed by atoms with E-state index < -0.39 is 4.92 Å². The van der Waals surface area contributed by atoms with E-state index in [-0.39, 0.29) is 17.8 Å². The van der Waals surface area contributed by atoms with Crippen molar-refractivity contribution in [3.8, 4) is 0 Å². The summed E-state index contributed by atoms with van der Waals surface area (Å²) < 4.78 is 5.87. The maximum atomic E-state index is 10.6. The molecule has 0 fully saturated rings. The Balaban J connectivity index is 2.82. The highest BCUT2D eigenvalue weighted by atomic mass is 79.9. The van der Waals surface area contributed by atoms with Gasteiger partial charge in [0.15, 0.2) is 0 Å². The highest BCUT2D eigenvalue weighted by Gasteiger charge is 2.14. The molecule has 5 nitrogen and oxygen atoms in total. The third kappa shape index (κ3) is 3.67. The molecule has 1 aromatic rings. The van der Waals surface area contributed by atoms with Crippen LogP contribution in [0.25, 0.3) is 0 Å². The number of rotatable bonds is 5. The molecule has 0 aromatic heterocycles. The summed E-state index contributed by atoms with van der Waals surface area (Å²) in [6.07, 6.45) is 0.0529. The van der Waals surface area contributed by atoms with Crippen molar-refractivity contribution in [2.45, 2.75) is 26.0 Å². The summed E-state index contributed by atoms with van der Waals surface area (Å²) in [7, 11) is 1.65. The summed E-state index contributed by atoms with van der Waals surface area (Å²) in [5, 5.41) is 13.8. The number of non-ortho nitro benzene ring substituents is 1. The molecule has 0 radical (unpaired) electrons. The van der Waals surface area contributed by atoms with Crippen molar-refractivity contribution < 1.29 is 9.66 Å². The Kier molecular flexibility index (Phi) is 4.89. The minimum absolute atomic E-state index is 0.0529. The second-order valence-electron chi connectivity index (χ2n) is 3.80. The van der Waals surface area contributed by atoms with Crippen LogP contribution in [0.4, 0.5) is 11.4 Å². The van der Waals surface area contributed by atoms with Crippen LogP contribution < -0.4 is 5.32 Å². The second-order valence-corrected chi connectivity index (χ2v) is 4.65. The fourth-order valence-corrected chi connectivity index (χ4v) is 1.78. The molecule has 0 saturated carbocycles. The summed E-state index contributed by atoms with van der Waals surface area (Å²) in [6.45, 7) is 3.94. The molecule has 6 heteroatoms. The highest BCUT2D eigenvalue weighted by molar-refractivity contribution is 9.10. The third-order valence-corrected chi connectivity index (χ3v) is 3.28. The predicted octanol–water partition coefficient (Wildman–Crippen LogP) is 3.19. The van der Waals surface area contributed by atoms with Gasteiger partial charge in [0.05, 0.1) is 11.0 Å². The first-order valence-corrected chi connectivity index (χ1v) is 5.98. The lowest BCUT2D eigenvalue weighted by molar-refractivity contribution is -0.384. The smallest absolute Gasteiger partial charge is 0.270 e. The molecule has 1 aromatic carbocycles. The monoisotopic (exact) mass is 302 g/mol. The number of nitro benzene ring substituents is 1. The number of ether oxygens (including phenoxy) is 1. The summed E-state index contributed by atoms with van der Waals surface area (Å²) in [5.74, 6) is 0. The molecular weight excluding hydrogens is 288 g/mol. The Morgan fingerprint density at radius 3 is 2.59 bits per heavy atom. The zero-order chi connectivity index (χ0) is 13.0. The standard InChI is InChI=1S/C11H15BrN2O3/c1-7(8(2)17-3)13-11-5-4-9(14(15)16)6-10(11)12/h4-8,13H,1-3H3. The van der Waals surface area contributed by atoms with Crippen molar-refractivity contribution in [3.63, 3.8) is 0 Å². The van der Waals surface area contributed by atoms with E-state index in [2.05, 4.69) is 21.2 Å². The molecule has 0 heterocycles. The van der Waals surface area contributed by atoms with Crippen molar-refractivity contribution in [2.75, 3.05) is 12.4 Å². The van der Waals surface area contributed by atoms with E-state index in [0.29, 0.717) is 4.47 Å². The van der Waals surface area contributed by atoms with Crippen molar-refractivity contribution >= 4 is 27.3 Å². The molecular formula is C11H15BrN2O3. The maximum absolute atomic E-state index is 10.6. The minimum atomic E-state index is -0.421. The molecule has 0 bridgehead atoms. The van der Waals surface area contributed by atoms with Crippen LogP contribution >= 0.6 is 15.9 Å². The molecule has 2 atom stereocenters. The normalized spacial score (nSPS) is 14.1. The van der Waals surface area contributed by atoms with Crippen LogP contribution in [0, 0.1) is 10.1 Å². The molecule has 0 aliphatic heterocycles. The maximum Gasteiger partial charge on any atom is 0.270 e. The second kappa shape index (κ2) is 5.97. The van der Waals surface area contributed by atoms with Gasteiger partial charge in [-0.3, -0.25) is 10.1 Å². The lowest BCUT2D eigenvalue weighted by Crippen LogP contribution is -2.29. The zero-order valence-corrected chi connectivity index (χ0v) is 11.5. The average molecular weight is 303 g/mol. The molecule has 0 aliphatic rings.